The number of hydrogen-bond acceptors (Lipinski definition) is 1. The van der Waals surface area contributed by atoms with E-state index in [4.69, 9.17) is 0 Å². The summed E-state index contributed by atoms with van der Waals surface area (Å²) in [7, 11) is 0. The molecule has 0 heterocycles. The molecule has 2 rings (SSSR count). The van der Waals surface area contributed by atoms with E-state index < -0.39 is 6.10 Å². The van der Waals surface area contributed by atoms with Gasteiger partial charge >= 0.3 is 0 Å². The van der Waals surface area contributed by atoms with Crippen molar-refractivity contribution in [2.24, 2.45) is 0 Å². The third-order valence-electron chi connectivity index (χ3n) is 3.27. The van der Waals surface area contributed by atoms with E-state index in [0.29, 0.717) is 0 Å². The standard InChI is InChI=1S/C19H20O/c1-3-8-15-12-16(9-4-2)14-18(13-15)19(20)17-10-6-5-7-11-17/h3-7,10-14,19-20H,1-2,8-9H2. The van der Waals surface area contributed by atoms with Crippen molar-refractivity contribution in [3.05, 3.63) is 96.1 Å². The molecule has 0 fully saturated rings. The van der Waals surface area contributed by atoms with E-state index in [2.05, 4.69) is 19.2 Å². The van der Waals surface area contributed by atoms with Gasteiger partial charge in [-0.3, -0.25) is 0 Å². The second-order valence-electron chi connectivity index (χ2n) is 4.88. The van der Waals surface area contributed by atoms with Crippen LogP contribution in [0.4, 0.5) is 0 Å². The molecule has 1 atom stereocenters. The Morgan fingerprint density at radius 3 is 1.90 bits per heavy atom. The lowest BCUT2D eigenvalue weighted by Gasteiger charge is -2.14. The van der Waals surface area contributed by atoms with Gasteiger partial charge in [0.25, 0.3) is 0 Å². The lowest BCUT2D eigenvalue weighted by atomic mass is 9.95. The fraction of sp³-hybridized carbons (Fsp3) is 0.158. The van der Waals surface area contributed by atoms with Crippen LogP contribution in [0, 0.1) is 0 Å². The molecular formula is C19H20O. The van der Waals surface area contributed by atoms with Crippen molar-refractivity contribution in [1.82, 2.24) is 0 Å². The van der Waals surface area contributed by atoms with Crippen LogP contribution in [0.25, 0.3) is 0 Å². The molecule has 0 saturated carbocycles. The average Bonchev–Trinajstić information content (AvgIpc) is 2.48. The van der Waals surface area contributed by atoms with Gasteiger partial charge in [0.15, 0.2) is 0 Å². The molecule has 0 amide bonds. The van der Waals surface area contributed by atoms with Gasteiger partial charge in [0.05, 0.1) is 0 Å². The minimum absolute atomic E-state index is 0.593. The molecule has 102 valence electrons. The number of rotatable bonds is 6. The quantitative estimate of drug-likeness (QED) is 0.774. The predicted molar refractivity (Wildman–Crippen MR) is 84.7 cm³/mol. The van der Waals surface area contributed by atoms with Gasteiger partial charge in [-0.2, -0.15) is 0 Å². The zero-order valence-corrected chi connectivity index (χ0v) is 11.6. The third-order valence-corrected chi connectivity index (χ3v) is 3.27. The SMILES string of the molecule is C=CCc1cc(CC=C)cc(C(O)c2ccccc2)c1. The molecule has 1 heteroatoms. The fourth-order valence-electron chi connectivity index (χ4n) is 2.35. The molecule has 0 aliphatic rings. The molecule has 0 aliphatic carbocycles. The molecule has 2 aromatic rings. The number of allylic oxidation sites excluding steroid dienone is 2. The van der Waals surface area contributed by atoms with Crippen LogP contribution < -0.4 is 0 Å². The van der Waals surface area contributed by atoms with E-state index in [0.717, 1.165) is 24.0 Å². The van der Waals surface area contributed by atoms with Crippen LogP contribution in [0.2, 0.25) is 0 Å². The molecular weight excluding hydrogens is 244 g/mol. The fourth-order valence-corrected chi connectivity index (χ4v) is 2.35. The lowest BCUT2D eigenvalue weighted by Crippen LogP contribution is -2.02. The molecule has 0 spiro atoms. The summed E-state index contributed by atoms with van der Waals surface area (Å²) in [6, 6.07) is 16.0. The summed E-state index contributed by atoms with van der Waals surface area (Å²) < 4.78 is 0. The predicted octanol–water partition coefficient (Wildman–Crippen LogP) is 4.23. The van der Waals surface area contributed by atoms with Crippen LogP contribution in [-0.4, -0.2) is 5.11 Å². The Hall–Kier alpha value is -2.12. The highest BCUT2D eigenvalue weighted by Gasteiger charge is 2.11. The average molecular weight is 264 g/mol. The first-order valence-electron chi connectivity index (χ1n) is 6.82. The van der Waals surface area contributed by atoms with Crippen molar-refractivity contribution in [3.63, 3.8) is 0 Å². The van der Waals surface area contributed by atoms with E-state index >= 15 is 0 Å². The summed E-state index contributed by atoms with van der Waals surface area (Å²) in [6.45, 7) is 7.56. The van der Waals surface area contributed by atoms with Crippen molar-refractivity contribution in [1.29, 1.82) is 0 Å². The summed E-state index contributed by atoms with van der Waals surface area (Å²) in [5, 5.41) is 10.5. The smallest absolute Gasteiger partial charge is 0.104 e. The Balaban J connectivity index is 2.38. The Morgan fingerprint density at radius 2 is 1.40 bits per heavy atom. The van der Waals surface area contributed by atoms with E-state index in [1.165, 1.54) is 11.1 Å². The zero-order valence-electron chi connectivity index (χ0n) is 11.6. The van der Waals surface area contributed by atoms with E-state index in [-0.39, 0.29) is 0 Å². The maximum atomic E-state index is 10.5. The largest absolute Gasteiger partial charge is 0.384 e. The van der Waals surface area contributed by atoms with Crippen LogP contribution >= 0.6 is 0 Å². The Kier molecular flexibility index (Phi) is 4.91. The van der Waals surface area contributed by atoms with Gasteiger partial charge in [0.1, 0.15) is 6.10 Å². The van der Waals surface area contributed by atoms with Crippen LogP contribution in [0.3, 0.4) is 0 Å². The van der Waals surface area contributed by atoms with Gasteiger partial charge < -0.3 is 5.11 Å². The molecule has 1 N–H and O–H groups in total. The molecule has 0 aromatic heterocycles. The number of aliphatic hydroxyl groups is 1. The van der Waals surface area contributed by atoms with Crippen LogP contribution in [-0.2, 0) is 12.8 Å². The highest BCUT2D eigenvalue weighted by Crippen LogP contribution is 2.24. The van der Waals surface area contributed by atoms with Crippen molar-refractivity contribution < 1.29 is 5.11 Å². The zero-order chi connectivity index (χ0) is 14.4. The Labute approximate surface area is 120 Å². The van der Waals surface area contributed by atoms with Gasteiger partial charge in [-0.15, -0.1) is 13.2 Å². The normalized spacial score (nSPS) is 11.8. The molecule has 0 bridgehead atoms. The summed E-state index contributed by atoms with van der Waals surface area (Å²) in [5.41, 5.74) is 4.17. The van der Waals surface area contributed by atoms with Crippen molar-refractivity contribution in [3.8, 4) is 0 Å². The minimum atomic E-state index is -0.593. The van der Waals surface area contributed by atoms with Gasteiger partial charge in [-0.1, -0.05) is 60.7 Å². The van der Waals surface area contributed by atoms with E-state index in [1.54, 1.807) is 0 Å². The first-order valence-corrected chi connectivity index (χ1v) is 6.82. The first-order chi connectivity index (χ1) is 9.74. The maximum Gasteiger partial charge on any atom is 0.104 e. The van der Waals surface area contributed by atoms with E-state index in [1.807, 2.05) is 54.6 Å². The third kappa shape index (κ3) is 3.46. The van der Waals surface area contributed by atoms with Gasteiger partial charge in [0.2, 0.25) is 0 Å². The van der Waals surface area contributed by atoms with Crippen LogP contribution in [0.5, 0.6) is 0 Å². The Morgan fingerprint density at radius 1 is 0.850 bits per heavy atom. The number of benzene rings is 2. The van der Waals surface area contributed by atoms with E-state index in [9.17, 15) is 5.11 Å². The molecule has 0 saturated heterocycles. The van der Waals surface area contributed by atoms with Crippen molar-refractivity contribution >= 4 is 0 Å². The highest BCUT2D eigenvalue weighted by atomic mass is 16.3. The second-order valence-corrected chi connectivity index (χ2v) is 4.88. The molecule has 2 aromatic carbocycles. The number of hydrogen-bond donors (Lipinski definition) is 1. The van der Waals surface area contributed by atoms with Crippen LogP contribution in [0.1, 0.15) is 28.4 Å². The molecule has 0 radical (unpaired) electrons. The van der Waals surface area contributed by atoms with Gasteiger partial charge in [-0.25, -0.2) is 0 Å². The topological polar surface area (TPSA) is 20.2 Å². The van der Waals surface area contributed by atoms with Crippen LogP contribution in [0.15, 0.2) is 73.8 Å². The monoisotopic (exact) mass is 264 g/mol. The summed E-state index contributed by atoms with van der Waals surface area (Å²) >= 11 is 0. The molecule has 0 aliphatic heterocycles. The summed E-state index contributed by atoms with van der Waals surface area (Å²) in [5.74, 6) is 0. The maximum absolute atomic E-state index is 10.5. The highest BCUT2D eigenvalue weighted by molar-refractivity contribution is 5.37. The lowest BCUT2D eigenvalue weighted by molar-refractivity contribution is 0.220. The minimum Gasteiger partial charge on any atom is -0.384 e. The van der Waals surface area contributed by atoms with Crippen molar-refractivity contribution in [2.75, 3.05) is 0 Å². The molecule has 1 unspecified atom stereocenters. The van der Waals surface area contributed by atoms with Gasteiger partial charge in [0, 0.05) is 0 Å². The first kappa shape index (κ1) is 14.3. The molecule has 1 nitrogen and oxygen atoms in total. The Bertz CT molecular complexity index is 556. The number of aliphatic hydroxyl groups excluding tert-OH is 1. The molecule has 20 heavy (non-hydrogen) atoms. The van der Waals surface area contributed by atoms with Gasteiger partial charge in [-0.05, 0) is 35.1 Å². The second kappa shape index (κ2) is 6.88. The summed E-state index contributed by atoms with van der Waals surface area (Å²) in [6.07, 6.45) is 4.78. The summed E-state index contributed by atoms with van der Waals surface area (Å²) in [4.78, 5) is 0. The van der Waals surface area contributed by atoms with Crippen molar-refractivity contribution in [2.45, 2.75) is 18.9 Å².